The van der Waals surface area contributed by atoms with Crippen molar-refractivity contribution in [2.75, 3.05) is 0 Å². The quantitative estimate of drug-likeness (QED) is 0.613. The summed E-state index contributed by atoms with van der Waals surface area (Å²) < 4.78 is 5.54. The van der Waals surface area contributed by atoms with Crippen LogP contribution in [-0.4, -0.2) is 28.7 Å². The first-order chi connectivity index (χ1) is 8.44. The van der Waals surface area contributed by atoms with E-state index in [2.05, 4.69) is 0 Å². The molecule has 2 saturated heterocycles. The van der Waals surface area contributed by atoms with E-state index in [0.717, 1.165) is 25.7 Å². The highest BCUT2D eigenvalue weighted by Crippen LogP contribution is 2.44. The van der Waals surface area contributed by atoms with Gasteiger partial charge in [0.1, 0.15) is 5.60 Å². The van der Waals surface area contributed by atoms with Crippen molar-refractivity contribution in [1.29, 1.82) is 0 Å². The molecule has 1 amide bonds. The lowest BCUT2D eigenvalue weighted by Gasteiger charge is -2.37. The van der Waals surface area contributed by atoms with Gasteiger partial charge in [-0.1, -0.05) is 11.1 Å². The van der Waals surface area contributed by atoms with Crippen LogP contribution >= 0.6 is 0 Å². The third-order valence-electron chi connectivity index (χ3n) is 4.19. The number of fused-ring (bicyclic) bond motifs is 2. The predicted octanol–water partition coefficient (Wildman–Crippen LogP) is 3.64. The fourth-order valence-electron chi connectivity index (χ4n) is 3.33. The molecule has 2 bridgehead atoms. The maximum atomic E-state index is 12.3. The molecule has 0 aromatic rings. The summed E-state index contributed by atoms with van der Waals surface area (Å²) >= 11 is 0. The summed E-state index contributed by atoms with van der Waals surface area (Å²) in [7, 11) is 0. The predicted molar refractivity (Wildman–Crippen MR) is 70.4 cm³/mol. The zero-order valence-electron chi connectivity index (χ0n) is 11.7. The molecule has 0 radical (unpaired) electrons. The average molecular weight is 249 g/mol. The zero-order chi connectivity index (χ0) is 12.9. The van der Waals surface area contributed by atoms with Gasteiger partial charge in [0, 0.05) is 12.1 Å². The van der Waals surface area contributed by atoms with Gasteiger partial charge in [0.25, 0.3) is 0 Å². The molecule has 0 spiro atoms. The highest BCUT2D eigenvalue weighted by Gasteiger charge is 2.44. The number of ether oxygens (including phenoxy) is 1. The summed E-state index contributed by atoms with van der Waals surface area (Å²) in [4.78, 5) is 14.3. The van der Waals surface area contributed by atoms with E-state index in [1.807, 2.05) is 25.7 Å². The van der Waals surface area contributed by atoms with Crippen molar-refractivity contribution >= 4 is 6.09 Å². The van der Waals surface area contributed by atoms with Crippen LogP contribution in [0.25, 0.3) is 0 Å². The first-order valence-corrected chi connectivity index (χ1v) is 7.15. The molecular weight excluding hydrogens is 226 g/mol. The van der Waals surface area contributed by atoms with Gasteiger partial charge in [-0.05, 0) is 59.3 Å². The molecule has 0 aromatic carbocycles. The number of allylic oxidation sites excluding steroid dienone is 1. The third kappa shape index (κ3) is 2.27. The van der Waals surface area contributed by atoms with Gasteiger partial charge < -0.3 is 9.64 Å². The Morgan fingerprint density at radius 2 is 1.67 bits per heavy atom. The Morgan fingerprint density at radius 3 is 2.11 bits per heavy atom. The van der Waals surface area contributed by atoms with Crippen molar-refractivity contribution in [1.82, 2.24) is 4.90 Å². The van der Waals surface area contributed by atoms with Crippen LogP contribution in [0.15, 0.2) is 11.1 Å². The molecule has 1 unspecified atom stereocenters. The van der Waals surface area contributed by atoms with Gasteiger partial charge in [-0.25, -0.2) is 4.79 Å². The van der Waals surface area contributed by atoms with Crippen LogP contribution in [0.3, 0.4) is 0 Å². The van der Waals surface area contributed by atoms with Crippen LogP contribution in [0, 0.1) is 0 Å². The van der Waals surface area contributed by atoms with Gasteiger partial charge in [0.05, 0.1) is 0 Å². The van der Waals surface area contributed by atoms with Gasteiger partial charge in [0.2, 0.25) is 0 Å². The highest BCUT2D eigenvalue weighted by molar-refractivity contribution is 5.70. The zero-order valence-corrected chi connectivity index (χ0v) is 11.7. The van der Waals surface area contributed by atoms with Crippen LogP contribution in [0.5, 0.6) is 0 Å². The summed E-state index contributed by atoms with van der Waals surface area (Å²) in [5, 5.41) is 0. The van der Waals surface area contributed by atoms with Gasteiger partial charge >= 0.3 is 6.09 Å². The topological polar surface area (TPSA) is 29.5 Å². The fourth-order valence-corrected chi connectivity index (χ4v) is 3.33. The minimum atomic E-state index is -0.383. The minimum Gasteiger partial charge on any atom is -0.444 e. The van der Waals surface area contributed by atoms with E-state index in [9.17, 15) is 4.79 Å². The summed E-state index contributed by atoms with van der Waals surface area (Å²) in [5.74, 6) is 0. The molecule has 0 aromatic heterocycles. The number of hydrogen-bond acceptors (Lipinski definition) is 2. The Labute approximate surface area is 109 Å². The van der Waals surface area contributed by atoms with Crippen molar-refractivity contribution in [3.63, 3.8) is 0 Å². The first-order valence-electron chi connectivity index (χ1n) is 7.15. The lowest BCUT2D eigenvalue weighted by atomic mass is 9.96. The van der Waals surface area contributed by atoms with Crippen molar-refractivity contribution in [2.24, 2.45) is 0 Å². The van der Waals surface area contributed by atoms with Crippen molar-refractivity contribution in [2.45, 2.75) is 77.0 Å². The number of rotatable bonds is 0. The third-order valence-corrected chi connectivity index (χ3v) is 4.19. The van der Waals surface area contributed by atoms with Crippen molar-refractivity contribution in [3.05, 3.63) is 11.1 Å². The Morgan fingerprint density at radius 1 is 1.11 bits per heavy atom. The summed E-state index contributed by atoms with van der Waals surface area (Å²) in [5.41, 5.74) is 2.95. The molecule has 2 heterocycles. The van der Waals surface area contributed by atoms with E-state index in [0.29, 0.717) is 12.1 Å². The standard InChI is InChI=1S/C15H23NO2/c1-15(2,3)18-14(17)16-12-6-7-13(16)9-11(8-12)10-4-5-10/h12-13H,4-9H2,1-3H3/t12-,13?/m1/s1. The van der Waals surface area contributed by atoms with Crippen molar-refractivity contribution in [3.8, 4) is 0 Å². The van der Waals surface area contributed by atoms with E-state index in [-0.39, 0.29) is 11.7 Å². The first kappa shape index (κ1) is 12.1. The number of carbonyl (C=O) groups is 1. The molecule has 100 valence electrons. The maximum Gasteiger partial charge on any atom is 0.410 e. The molecule has 3 heteroatoms. The fraction of sp³-hybridized carbons (Fsp3) is 0.800. The van der Waals surface area contributed by atoms with Crippen molar-refractivity contribution < 1.29 is 9.53 Å². The smallest absolute Gasteiger partial charge is 0.410 e. The van der Waals surface area contributed by atoms with Crippen LogP contribution in [0.1, 0.15) is 59.3 Å². The SMILES string of the molecule is CC(C)(C)OC(=O)N1C2CC[C@@H]1CC(=C1CC1)C2. The molecule has 2 atom stereocenters. The molecular formula is C15H23NO2. The van der Waals surface area contributed by atoms with E-state index < -0.39 is 0 Å². The molecule has 0 N–H and O–H groups in total. The second-order valence-corrected chi connectivity index (χ2v) is 6.89. The summed E-state index contributed by atoms with van der Waals surface area (Å²) in [6.45, 7) is 5.82. The van der Waals surface area contributed by atoms with E-state index in [4.69, 9.17) is 4.74 Å². The van der Waals surface area contributed by atoms with Crippen LogP contribution in [-0.2, 0) is 4.74 Å². The second kappa shape index (κ2) is 4.01. The van der Waals surface area contributed by atoms with E-state index in [1.165, 1.54) is 12.8 Å². The molecule has 1 aliphatic carbocycles. The average Bonchev–Trinajstić information content (AvgIpc) is 3.02. The highest BCUT2D eigenvalue weighted by atomic mass is 16.6. The lowest BCUT2D eigenvalue weighted by molar-refractivity contribution is 0.0115. The molecule has 2 aliphatic heterocycles. The molecule has 3 nitrogen and oxygen atoms in total. The minimum absolute atomic E-state index is 0.102. The number of hydrogen-bond donors (Lipinski definition) is 0. The van der Waals surface area contributed by atoms with Gasteiger partial charge in [0.15, 0.2) is 0 Å². The number of amides is 1. The van der Waals surface area contributed by atoms with E-state index >= 15 is 0 Å². The Bertz CT molecular complexity index is 383. The number of carbonyl (C=O) groups excluding carboxylic acids is 1. The molecule has 3 rings (SSSR count). The maximum absolute atomic E-state index is 12.3. The lowest BCUT2D eigenvalue weighted by Crippen LogP contribution is -2.47. The van der Waals surface area contributed by atoms with Crippen LogP contribution in [0.4, 0.5) is 4.79 Å². The second-order valence-electron chi connectivity index (χ2n) is 6.89. The Kier molecular flexibility index (Phi) is 2.68. The summed E-state index contributed by atoms with van der Waals surface area (Å²) in [6.07, 6.45) is 7.02. The van der Waals surface area contributed by atoms with E-state index in [1.54, 1.807) is 11.1 Å². The largest absolute Gasteiger partial charge is 0.444 e. The molecule has 3 aliphatic rings. The number of nitrogens with zero attached hydrogens (tertiary/aromatic N) is 1. The van der Waals surface area contributed by atoms with Gasteiger partial charge in [-0.15, -0.1) is 0 Å². The molecule has 1 saturated carbocycles. The normalized spacial score (nSPS) is 30.7. The molecule has 3 fully saturated rings. The van der Waals surface area contributed by atoms with Crippen LogP contribution in [0.2, 0.25) is 0 Å². The Balaban J connectivity index is 1.72. The monoisotopic (exact) mass is 249 g/mol. The number of piperidine rings is 1. The van der Waals surface area contributed by atoms with Crippen LogP contribution < -0.4 is 0 Å². The Hall–Kier alpha value is -0.990. The van der Waals surface area contributed by atoms with Gasteiger partial charge in [-0.2, -0.15) is 0 Å². The summed E-state index contributed by atoms with van der Waals surface area (Å²) in [6, 6.07) is 0.809. The molecule has 18 heavy (non-hydrogen) atoms. The van der Waals surface area contributed by atoms with Gasteiger partial charge in [-0.3, -0.25) is 0 Å².